The Morgan fingerprint density at radius 1 is 1.43 bits per heavy atom. The summed E-state index contributed by atoms with van der Waals surface area (Å²) in [6, 6.07) is 5.15. The third-order valence-electron chi connectivity index (χ3n) is 2.53. The molecule has 0 aliphatic heterocycles. The van der Waals surface area contributed by atoms with Crippen molar-refractivity contribution in [1.29, 1.82) is 0 Å². The van der Waals surface area contributed by atoms with E-state index in [2.05, 4.69) is 11.9 Å². The number of amides is 1. The lowest BCUT2D eigenvalue weighted by Crippen LogP contribution is -2.28. The Hall–Kier alpha value is -1.68. The lowest BCUT2D eigenvalue weighted by Gasteiger charge is -2.09. The van der Waals surface area contributed by atoms with E-state index in [1.54, 1.807) is 6.92 Å². The molecule has 0 radical (unpaired) electrons. The van der Waals surface area contributed by atoms with Gasteiger partial charge in [-0.25, -0.2) is 8.78 Å². The maximum absolute atomic E-state index is 12.6. The smallest absolute Gasteiger partial charge is 0.251 e. The fourth-order valence-electron chi connectivity index (χ4n) is 1.15. The van der Waals surface area contributed by atoms with E-state index in [9.17, 15) is 13.6 Å². The molecule has 0 aliphatic carbocycles. The van der Waals surface area contributed by atoms with Crippen molar-refractivity contribution in [2.45, 2.75) is 13.8 Å². The third kappa shape index (κ3) is 8.97. The molecule has 5 heteroatoms. The molecule has 1 atom stereocenters. The van der Waals surface area contributed by atoms with Gasteiger partial charge in [0, 0.05) is 23.9 Å². The highest BCUT2D eigenvalue weighted by Crippen LogP contribution is 2.08. The Balaban J connectivity index is 0.000000690. The molecular formula is C16H20ClF2NO. The predicted molar refractivity (Wildman–Crippen MR) is 83.7 cm³/mol. The Morgan fingerprint density at radius 2 is 2.00 bits per heavy atom. The zero-order valence-electron chi connectivity index (χ0n) is 12.2. The first kappa shape index (κ1) is 19.3. The van der Waals surface area contributed by atoms with Crippen LogP contribution in [0.15, 0.2) is 48.8 Å². The molecule has 0 saturated heterocycles. The van der Waals surface area contributed by atoms with Crippen molar-refractivity contribution in [3.05, 3.63) is 60.2 Å². The van der Waals surface area contributed by atoms with Crippen molar-refractivity contribution in [2.75, 3.05) is 12.4 Å². The number of alkyl halides is 1. The summed E-state index contributed by atoms with van der Waals surface area (Å²) in [5.74, 6) is -1.02. The van der Waals surface area contributed by atoms with Crippen molar-refractivity contribution in [2.24, 2.45) is 5.92 Å². The van der Waals surface area contributed by atoms with Gasteiger partial charge in [0.15, 0.2) is 0 Å². The molecule has 0 bridgehead atoms. The Labute approximate surface area is 129 Å². The van der Waals surface area contributed by atoms with Gasteiger partial charge >= 0.3 is 0 Å². The van der Waals surface area contributed by atoms with E-state index < -0.39 is 17.6 Å². The van der Waals surface area contributed by atoms with Gasteiger partial charge in [-0.15, -0.1) is 11.6 Å². The average Bonchev–Trinajstić information content (AvgIpc) is 2.46. The molecule has 1 N–H and O–H groups in total. The van der Waals surface area contributed by atoms with Crippen LogP contribution in [0.2, 0.25) is 0 Å². The highest BCUT2D eigenvalue weighted by molar-refractivity contribution is 6.18. The molecule has 21 heavy (non-hydrogen) atoms. The van der Waals surface area contributed by atoms with E-state index in [4.69, 9.17) is 11.6 Å². The van der Waals surface area contributed by atoms with Crippen LogP contribution in [0.1, 0.15) is 24.2 Å². The number of rotatable bonds is 5. The van der Waals surface area contributed by atoms with Gasteiger partial charge in [-0.05, 0) is 31.2 Å². The fraction of sp³-hybridized carbons (Fsp3) is 0.312. The molecule has 0 aliphatic rings. The van der Waals surface area contributed by atoms with Gasteiger partial charge in [0.05, 0.1) is 5.83 Å². The standard InChI is InChI=1S/C12H13F2NO.C4H7Cl/c1-8(9(2)13)7-15-12(16)10-3-5-11(14)6-4-10;1-2-3-4-5/h3-6,8H,2,7H2,1H3,(H,15,16);2-3H,4H2,1H3/b;3-2-. The number of halogens is 3. The number of allylic oxidation sites excluding steroid dienone is 2. The van der Waals surface area contributed by atoms with Crippen LogP contribution in [0.25, 0.3) is 0 Å². The van der Waals surface area contributed by atoms with E-state index in [0.717, 1.165) is 0 Å². The van der Waals surface area contributed by atoms with Crippen LogP contribution in [0.3, 0.4) is 0 Å². The summed E-state index contributed by atoms with van der Waals surface area (Å²) in [5, 5.41) is 2.54. The SMILES string of the molecule is C/C=C\CCl.C=C(F)C(C)CNC(=O)c1ccc(F)cc1. The quantitative estimate of drug-likeness (QED) is 0.630. The molecule has 1 aromatic carbocycles. The molecule has 0 spiro atoms. The van der Waals surface area contributed by atoms with Crippen molar-refractivity contribution in [3.8, 4) is 0 Å². The van der Waals surface area contributed by atoms with Gasteiger partial charge in [-0.1, -0.05) is 25.7 Å². The minimum absolute atomic E-state index is 0.172. The van der Waals surface area contributed by atoms with E-state index in [1.165, 1.54) is 24.3 Å². The first-order valence-electron chi connectivity index (χ1n) is 6.47. The number of benzene rings is 1. The van der Waals surface area contributed by atoms with Crippen molar-refractivity contribution in [1.82, 2.24) is 5.32 Å². The topological polar surface area (TPSA) is 29.1 Å². The molecule has 0 saturated carbocycles. The maximum atomic E-state index is 12.6. The molecule has 1 amide bonds. The lowest BCUT2D eigenvalue weighted by atomic mass is 10.1. The highest BCUT2D eigenvalue weighted by atomic mass is 35.5. The number of hydrogen-bond acceptors (Lipinski definition) is 1. The summed E-state index contributed by atoms with van der Waals surface area (Å²) < 4.78 is 25.2. The van der Waals surface area contributed by atoms with Crippen LogP contribution in [0, 0.1) is 11.7 Å². The second-order valence-electron chi connectivity index (χ2n) is 4.29. The molecule has 2 nitrogen and oxygen atoms in total. The normalized spacial score (nSPS) is 11.5. The largest absolute Gasteiger partial charge is 0.351 e. The van der Waals surface area contributed by atoms with Gasteiger partial charge in [-0.2, -0.15) is 0 Å². The number of carbonyl (C=O) groups is 1. The first-order valence-corrected chi connectivity index (χ1v) is 7.01. The van der Waals surface area contributed by atoms with Gasteiger partial charge < -0.3 is 5.32 Å². The van der Waals surface area contributed by atoms with Gasteiger partial charge in [-0.3, -0.25) is 4.79 Å². The Bertz CT molecular complexity index is 472. The van der Waals surface area contributed by atoms with Crippen LogP contribution in [0.4, 0.5) is 8.78 Å². The second kappa shape index (κ2) is 11.0. The summed E-state index contributed by atoms with van der Waals surface area (Å²) >= 11 is 5.21. The molecule has 1 rings (SSSR count). The van der Waals surface area contributed by atoms with E-state index >= 15 is 0 Å². The van der Waals surface area contributed by atoms with Crippen molar-refractivity contribution < 1.29 is 13.6 Å². The predicted octanol–water partition coefficient (Wildman–Crippen LogP) is 4.48. The molecule has 0 fully saturated rings. The number of hydrogen-bond donors (Lipinski definition) is 1. The molecule has 1 aromatic rings. The molecule has 1 unspecified atom stereocenters. The van der Waals surface area contributed by atoms with Crippen LogP contribution < -0.4 is 5.32 Å². The summed E-state index contributed by atoms with van der Waals surface area (Å²) in [7, 11) is 0. The molecule has 0 aromatic heterocycles. The van der Waals surface area contributed by atoms with Crippen molar-refractivity contribution >= 4 is 17.5 Å². The number of carbonyl (C=O) groups excluding carboxylic acids is 1. The van der Waals surface area contributed by atoms with Crippen LogP contribution in [-0.2, 0) is 0 Å². The van der Waals surface area contributed by atoms with Crippen molar-refractivity contribution in [3.63, 3.8) is 0 Å². The zero-order chi connectivity index (χ0) is 16.3. The minimum atomic E-state index is -0.473. The Kier molecular flexibility index (Phi) is 10.1. The first-order chi connectivity index (χ1) is 9.92. The molecule has 0 heterocycles. The minimum Gasteiger partial charge on any atom is -0.351 e. The summed E-state index contributed by atoms with van der Waals surface area (Å²) in [6.45, 7) is 6.89. The summed E-state index contributed by atoms with van der Waals surface area (Å²) in [5.41, 5.74) is 0.345. The lowest BCUT2D eigenvalue weighted by molar-refractivity contribution is 0.0949. The Morgan fingerprint density at radius 3 is 2.38 bits per heavy atom. The monoisotopic (exact) mass is 315 g/mol. The van der Waals surface area contributed by atoms with Gasteiger partial charge in [0.25, 0.3) is 5.91 Å². The third-order valence-corrected chi connectivity index (χ3v) is 2.71. The number of nitrogens with one attached hydrogen (secondary N) is 1. The second-order valence-corrected chi connectivity index (χ2v) is 4.60. The van der Waals surface area contributed by atoms with Gasteiger partial charge in [0.2, 0.25) is 0 Å². The van der Waals surface area contributed by atoms with E-state index in [0.29, 0.717) is 11.4 Å². The molecular weight excluding hydrogens is 296 g/mol. The van der Waals surface area contributed by atoms with E-state index in [-0.39, 0.29) is 12.5 Å². The summed E-state index contributed by atoms with van der Waals surface area (Å²) in [4.78, 5) is 11.5. The highest BCUT2D eigenvalue weighted by Gasteiger charge is 2.09. The molecule has 116 valence electrons. The average molecular weight is 316 g/mol. The summed E-state index contributed by atoms with van der Waals surface area (Å²) in [6.07, 6.45) is 3.81. The van der Waals surface area contributed by atoms with Crippen LogP contribution in [-0.4, -0.2) is 18.3 Å². The van der Waals surface area contributed by atoms with E-state index in [1.807, 2.05) is 19.1 Å². The maximum Gasteiger partial charge on any atom is 0.251 e. The van der Waals surface area contributed by atoms with Crippen LogP contribution in [0.5, 0.6) is 0 Å². The fourth-order valence-corrected chi connectivity index (χ4v) is 1.33. The van der Waals surface area contributed by atoms with Crippen LogP contribution >= 0.6 is 11.6 Å². The van der Waals surface area contributed by atoms with Gasteiger partial charge in [0.1, 0.15) is 5.82 Å². The zero-order valence-corrected chi connectivity index (χ0v) is 13.0.